The maximum Gasteiger partial charge on any atom is 0.255 e. The van der Waals surface area contributed by atoms with Crippen molar-refractivity contribution in [3.8, 4) is 0 Å². The van der Waals surface area contributed by atoms with E-state index < -0.39 is 10.0 Å². The second-order valence-electron chi connectivity index (χ2n) is 6.74. The summed E-state index contributed by atoms with van der Waals surface area (Å²) in [5.41, 5.74) is 0.249. The van der Waals surface area contributed by atoms with Crippen LogP contribution in [0.2, 0.25) is 5.02 Å². The number of hydrogen-bond acceptors (Lipinski definition) is 4. The van der Waals surface area contributed by atoms with Gasteiger partial charge in [-0.1, -0.05) is 25.4 Å². The fraction of sp³-hybridized carbons (Fsp3) is 0.611. The summed E-state index contributed by atoms with van der Waals surface area (Å²) in [6.45, 7) is 5.61. The SMILES string of the molecule is CCN(CC)S(=O)(=O)c1ccc(Cl)c(C(=O)N2CCCC(N(C)C)C2)c1. The highest BCUT2D eigenvalue weighted by molar-refractivity contribution is 7.89. The molecule has 1 amide bonds. The lowest BCUT2D eigenvalue weighted by atomic mass is 10.0. The Kier molecular flexibility index (Phi) is 7.07. The van der Waals surface area contributed by atoms with Crippen LogP contribution >= 0.6 is 11.6 Å². The van der Waals surface area contributed by atoms with Crippen LogP contribution in [-0.2, 0) is 10.0 Å². The standard InChI is InChI=1S/C18H28ClN3O3S/c1-5-22(6-2)26(24,25)15-9-10-17(19)16(12-15)18(23)21-11-7-8-14(13-21)20(3)4/h9-10,12,14H,5-8,11,13H2,1-4H3. The van der Waals surface area contributed by atoms with Crippen LogP contribution in [0.15, 0.2) is 23.1 Å². The minimum atomic E-state index is -3.63. The van der Waals surface area contributed by atoms with Crippen molar-refractivity contribution in [3.05, 3.63) is 28.8 Å². The van der Waals surface area contributed by atoms with E-state index in [9.17, 15) is 13.2 Å². The van der Waals surface area contributed by atoms with Gasteiger partial charge in [-0.2, -0.15) is 4.31 Å². The van der Waals surface area contributed by atoms with E-state index in [0.717, 1.165) is 12.8 Å². The quantitative estimate of drug-likeness (QED) is 0.734. The zero-order chi connectivity index (χ0) is 19.5. The van der Waals surface area contributed by atoms with E-state index in [1.807, 2.05) is 14.1 Å². The first-order chi connectivity index (χ1) is 12.2. The van der Waals surface area contributed by atoms with Gasteiger partial charge in [-0.3, -0.25) is 4.79 Å². The average molecular weight is 402 g/mol. The first-order valence-electron chi connectivity index (χ1n) is 8.97. The predicted octanol–water partition coefficient (Wildman–Crippen LogP) is 2.54. The average Bonchev–Trinajstić information content (AvgIpc) is 2.62. The summed E-state index contributed by atoms with van der Waals surface area (Å²) in [7, 11) is 0.373. The van der Waals surface area contributed by atoms with Crippen molar-refractivity contribution in [1.29, 1.82) is 0 Å². The Morgan fingerprint density at radius 3 is 2.50 bits per heavy atom. The highest BCUT2D eigenvalue weighted by atomic mass is 35.5. The molecule has 0 saturated carbocycles. The van der Waals surface area contributed by atoms with Crippen LogP contribution in [0.25, 0.3) is 0 Å². The fourth-order valence-electron chi connectivity index (χ4n) is 3.27. The third-order valence-electron chi connectivity index (χ3n) is 4.93. The monoisotopic (exact) mass is 401 g/mol. The first kappa shape index (κ1) is 21.2. The second kappa shape index (κ2) is 8.69. The van der Waals surface area contributed by atoms with Crippen molar-refractivity contribution >= 4 is 27.5 Å². The number of likely N-dealkylation sites (N-methyl/N-ethyl adjacent to an activating group) is 1. The number of nitrogens with zero attached hydrogens (tertiary/aromatic N) is 3. The van der Waals surface area contributed by atoms with Gasteiger partial charge in [-0.15, -0.1) is 0 Å². The molecule has 1 atom stereocenters. The number of sulfonamides is 1. The summed E-state index contributed by atoms with van der Waals surface area (Å²) in [5, 5.41) is 0.278. The fourth-order valence-corrected chi connectivity index (χ4v) is 4.96. The molecule has 1 fully saturated rings. The van der Waals surface area contributed by atoms with Gasteiger partial charge in [-0.25, -0.2) is 8.42 Å². The first-order valence-corrected chi connectivity index (χ1v) is 10.8. The molecule has 2 rings (SSSR count). The molecule has 0 bridgehead atoms. The van der Waals surface area contributed by atoms with Gasteiger partial charge < -0.3 is 9.80 Å². The van der Waals surface area contributed by atoms with Crippen molar-refractivity contribution < 1.29 is 13.2 Å². The maximum atomic E-state index is 13.0. The molecule has 1 aromatic rings. The molecule has 1 aromatic carbocycles. The molecular formula is C18H28ClN3O3S. The zero-order valence-electron chi connectivity index (χ0n) is 15.9. The van der Waals surface area contributed by atoms with E-state index in [2.05, 4.69) is 4.90 Å². The highest BCUT2D eigenvalue weighted by Gasteiger charge is 2.29. The van der Waals surface area contributed by atoms with E-state index in [4.69, 9.17) is 11.6 Å². The van der Waals surface area contributed by atoms with Crippen molar-refractivity contribution in [1.82, 2.24) is 14.1 Å². The van der Waals surface area contributed by atoms with E-state index in [1.165, 1.54) is 22.5 Å². The van der Waals surface area contributed by atoms with Gasteiger partial charge in [0.2, 0.25) is 10.0 Å². The molecule has 0 spiro atoms. The molecule has 1 saturated heterocycles. The van der Waals surface area contributed by atoms with Gasteiger partial charge in [0.1, 0.15) is 0 Å². The predicted molar refractivity (Wildman–Crippen MR) is 104 cm³/mol. The number of carbonyl (C=O) groups is 1. The van der Waals surface area contributed by atoms with Crippen LogP contribution in [0.1, 0.15) is 37.0 Å². The van der Waals surface area contributed by atoms with Gasteiger partial charge in [-0.05, 0) is 45.1 Å². The number of likely N-dealkylation sites (tertiary alicyclic amines) is 1. The molecule has 1 heterocycles. The zero-order valence-corrected chi connectivity index (χ0v) is 17.5. The van der Waals surface area contributed by atoms with Crippen LogP contribution in [0, 0.1) is 0 Å². The number of amides is 1. The third kappa shape index (κ3) is 4.39. The van der Waals surface area contributed by atoms with Crippen LogP contribution in [0.4, 0.5) is 0 Å². The molecule has 1 aliphatic rings. The topological polar surface area (TPSA) is 60.9 Å². The molecule has 0 N–H and O–H groups in total. The van der Waals surface area contributed by atoms with Gasteiger partial charge in [0, 0.05) is 32.2 Å². The molecule has 0 aliphatic carbocycles. The Morgan fingerprint density at radius 1 is 1.27 bits per heavy atom. The van der Waals surface area contributed by atoms with E-state index in [0.29, 0.717) is 32.2 Å². The van der Waals surface area contributed by atoms with Crippen molar-refractivity contribution in [2.75, 3.05) is 40.3 Å². The number of rotatable bonds is 6. The largest absolute Gasteiger partial charge is 0.337 e. The summed E-state index contributed by atoms with van der Waals surface area (Å²) in [6.07, 6.45) is 1.96. The molecular weight excluding hydrogens is 374 g/mol. The van der Waals surface area contributed by atoms with Crippen LogP contribution in [0.5, 0.6) is 0 Å². The number of hydrogen-bond donors (Lipinski definition) is 0. The van der Waals surface area contributed by atoms with Crippen LogP contribution in [0.3, 0.4) is 0 Å². The third-order valence-corrected chi connectivity index (χ3v) is 7.30. The number of carbonyl (C=O) groups excluding carboxylic acids is 1. The smallest absolute Gasteiger partial charge is 0.255 e. The van der Waals surface area contributed by atoms with Crippen molar-refractivity contribution in [2.24, 2.45) is 0 Å². The minimum Gasteiger partial charge on any atom is -0.337 e. The lowest BCUT2D eigenvalue weighted by Crippen LogP contribution is -2.47. The Balaban J connectivity index is 2.34. The van der Waals surface area contributed by atoms with E-state index in [-0.39, 0.29) is 21.4 Å². The molecule has 146 valence electrons. The van der Waals surface area contributed by atoms with Crippen LogP contribution < -0.4 is 0 Å². The summed E-state index contributed by atoms with van der Waals surface area (Å²) in [4.78, 5) is 17.0. The number of benzene rings is 1. The molecule has 0 aromatic heterocycles. The van der Waals surface area contributed by atoms with E-state index in [1.54, 1.807) is 18.7 Å². The molecule has 8 heteroatoms. The molecule has 26 heavy (non-hydrogen) atoms. The number of piperidine rings is 1. The van der Waals surface area contributed by atoms with Gasteiger partial charge in [0.25, 0.3) is 5.91 Å². The molecule has 1 aliphatic heterocycles. The van der Waals surface area contributed by atoms with Gasteiger partial charge in [0.15, 0.2) is 0 Å². The lowest BCUT2D eigenvalue weighted by Gasteiger charge is -2.36. The number of halogens is 1. The van der Waals surface area contributed by atoms with Crippen molar-refractivity contribution in [2.45, 2.75) is 37.6 Å². The summed E-state index contributed by atoms with van der Waals surface area (Å²) < 4.78 is 26.9. The molecule has 1 unspecified atom stereocenters. The summed E-state index contributed by atoms with van der Waals surface area (Å²) in [6, 6.07) is 4.68. The van der Waals surface area contributed by atoms with E-state index >= 15 is 0 Å². The molecule has 0 radical (unpaired) electrons. The molecule has 6 nitrogen and oxygen atoms in total. The second-order valence-corrected chi connectivity index (χ2v) is 9.09. The normalized spacial score (nSPS) is 18.6. The van der Waals surface area contributed by atoms with Gasteiger partial charge in [0.05, 0.1) is 15.5 Å². The minimum absolute atomic E-state index is 0.107. The summed E-state index contributed by atoms with van der Waals surface area (Å²) >= 11 is 6.24. The Hall–Kier alpha value is -1.15. The Bertz CT molecular complexity index is 748. The lowest BCUT2D eigenvalue weighted by molar-refractivity contribution is 0.0635. The van der Waals surface area contributed by atoms with Gasteiger partial charge >= 0.3 is 0 Å². The Labute approximate surface area is 161 Å². The Morgan fingerprint density at radius 2 is 1.92 bits per heavy atom. The highest BCUT2D eigenvalue weighted by Crippen LogP contribution is 2.25. The van der Waals surface area contributed by atoms with Crippen molar-refractivity contribution in [3.63, 3.8) is 0 Å². The summed E-state index contributed by atoms with van der Waals surface area (Å²) in [5.74, 6) is -0.210. The van der Waals surface area contributed by atoms with Crippen LogP contribution in [-0.4, -0.2) is 74.7 Å². The maximum absolute atomic E-state index is 13.0.